The van der Waals surface area contributed by atoms with Crippen molar-refractivity contribution in [1.29, 1.82) is 0 Å². The molecule has 0 aromatic rings. The molecule has 126 valence electrons. The minimum Gasteiger partial charge on any atom is -0.368 e. The Kier molecular flexibility index (Phi) is 10.7. The van der Waals surface area contributed by atoms with Crippen LogP contribution in [0.3, 0.4) is 0 Å². The molecule has 0 rings (SSSR count). The fraction of sp³-hybridized carbons (Fsp3) is 0.941. The molecule has 4 heteroatoms. The SMILES string of the molecule is CCN(CC)CCN(CC(C)C)C(=O)C(C)OCC(C)C. The smallest absolute Gasteiger partial charge is 0.251 e. The summed E-state index contributed by atoms with van der Waals surface area (Å²) in [6.07, 6.45) is -0.345. The standard InChI is InChI=1S/C17H36N2O2/c1-8-18(9-2)10-11-19(12-14(3)4)17(20)16(7)21-13-15(5)6/h14-16H,8-13H2,1-7H3. The van der Waals surface area contributed by atoms with Crippen LogP contribution in [0.5, 0.6) is 0 Å². The van der Waals surface area contributed by atoms with Crippen molar-refractivity contribution in [2.75, 3.05) is 39.3 Å². The summed E-state index contributed by atoms with van der Waals surface area (Å²) >= 11 is 0. The number of amides is 1. The normalized spacial score (nSPS) is 13.2. The molecule has 0 heterocycles. The summed E-state index contributed by atoms with van der Waals surface area (Å²) in [5.74, 6) is 1.05. The maximum absolute atomic E-state index is 12.6. The molecule has 0 aromatic carbocycles. The quantitative estimate of drug-likeness (QED) is 0.588. The average Bonchev–Trinajstić information content (AvgIpc) is 2.43. The number of carbonyl (C=O) groups is 1. The lowest BCUT2D eigenvalue weighted by molar-refractivity contribution is -0.144. The van der Waals surface area contributed by atoms with E-state index in [4.69, 9.17) is 4.74 Å². The highest BCUT2D eigenvalue weighted by Crippen LogP contribution is 2.06. The maximum atomic E-state index is 12.6. The monoisotopic (exact) mass is 300 g/mol. The zero-order chi connectivity index (χ0) is 16.4. The van der Waals surface area contributed by atoms with Crippen LogP contribution in [0.15, 0.2) is 0 Å². The second-order valence-corrected chi connectivity index (χ2v) is 6.57. The minimum atomic E-state index is -0.345. The first kappa shape index (κ1) is 20.4. The van der Waals surface area contributed by atoms with Gasteiger partial charge >= 0.3 is 0 Å². The molecule has 0 saturated heterocycles. The fourth-order valence-corrected chi connectivity index (χ4v) is 2.20. The zero-order valence-electron chi connectivity index (χ0n) is 15.2. The van der Waals surface area contributed by atoms with Crippen molar-refractivity contribution in [2.24, 2.45) is 11.8 Å². The Bertz CT molecular complexity index is 276. The van der Waals surface area contributed by atoms with Gasteiger partial charge in [-0.3, -0.25) is 4.79 Å². The number of ether oxygens (including phenoxy) is 1. The van der Waals surface area contributed by atoms with Gasteiger partial charge in [0.05, 0.1) is 0 Å². The van der Waals surface area contributed by atoms with E-state index in [1.807, 2.05) is 11.8 Å². The van der Waals surface area contributed by atoms with Gasteiger partial charge in [-0.1, -0.05) is 41.5 Å². The number of rotatable bonds is 11. The van der Waals surface area contributed by atoms with Crippen LogP contribution in [0.25, 0.3) is 0 Å². The zero-order valence-corrected chi connectivity index (χ0v) is 15.2. The van der Waals surface area contributed by atoms with Crippen LogP contribution in [0.4, 0.5) is 0 Å². The Hall–Kier alpha value is -0.610. The lowest BCUT2D eigenvalue weighted by Crippen LogP contribution is -2.45. The lowest BCUT2D eigenvalue weighted by Gasteiger charge is -2.30. The van der Waals surface area contributed by atoms with Gasteiger partial charge in [-0.25, -0.2) is 0 Å². The van der Waals surface area contributed by atoms with Gasteiger partial charge in [-0.05, 0) is 31.8 Å². The van der Waals surface area contributed by atoms with Crippen molar-refractivity contribution < 1.29 is 9.53 Å². The molecule has 1 amide bonds. The van der Waals surface area contributed by atoms with Gasteiger partial charge in [0, 0.05) is 26.2 Å². The summed E-state index contributed by atoms with van der Waals surface area (Å²) in [6, 6.07) is 0. The van der Waals surface area contributed by atoms with Crippen molar-refractivity contribution in [2.45, 2.75) is 54.6 Å². The van der Waals surface area contributed by atoms with Gasteiger partial charge in [0.1, 0.15) is 6.10 Å². The third kappa shape index (κ3) is 9.10. The average molecular weight is 300 g/mol. The highest BCUT2D eigenvalue weighted by molar-refractivity contribution is 5.80. The first-order valence-electron chi connectivity index (χ1n) is 8.44. The fourth-order valence-electron chi connectivity index (χ4n) is 2.20. The molecule has 1 atom stereocenters. The first-order chi connectivity index (χ1) is 9.81. The number of carbonyl (C=O) groups excluding carboxylic acids is 1. The second-order valence-electron chi connectivity index (χ2n) is 6.57. The van der Waals surface area contributed by atoms with Crippen molar-refractivity contribution >= 4 is 5.91 Å². The second kappa shape index (κ2) is 11.0. The molecular formula is C17H36N2O2. The molecule has 0 fully saturated rings. The highest BCUT2D eigenvalue weighted by Gasteiger charge is 2.22. The Morgan fingerprint density at radius 1 is 0.952 bits per heavy atom. The van der Waals surface area contributed by atoms with Crippen molar-refractivity contribution in [3.8, 4) is 0 Å². The van der Waals surface area contributed by atoms with Gasteiger partial charge in [0.2, 0.25) is 0 Å². The van der Waals surface area contributed by atoms with Gasteiger partial charge in [0.25, 0.3) is 5.91 Å². The first-order valence-corrected chi connectivity index (χ1v) is 8.44. The van der Waals surface area contributed by atoms with Crippen LogP contribution < -0.4 is 0 Å². The molecule has 0 aliphatic carbocycles. The van der Waals surface area contributed by atoms with E-state index in [0.29, 0.717) is 18.4 Å². The Morgan fingerprint density at radius 2 is 1.52 bits per heavy atom. The molecule has 0 aliphatic rings. The molecule has 0 aliphatic heterocycles. The van der Waals surface area contributed by atoms with E-state index in [1.165, 1.54) is 0 Å². The van der Waals surface area contributed by atoms with Crippen LogP contribution >= 0.6 is 0 Å². The number of nitrogens with zero attached hydrogens (tertiary/aromatic N) is 2. The Morgan fingerprint density at radius 3 is 1.95 bits per heavy atom. The minimum absolute atomic E-state index is 0.122. The molecule has 1 unspecified atom stereocenters. The molecule has 0 radical (unpaired) electrons. The van der Waals surface area contributed by atoms with Gasteiger partial charge < -0.3 is 14.5 Å². The summed E-state index contributed by atoms with van der Waals surface area (Å²) in [7, 11) is 0. The van der Waals surface area contributed by atoms with E-state index in [2.05, 4.69) is 46.4 Å². The molecule has 0 spiro atoms. The molecule has 0 saturated carbocycles. The van der Waals surface area contributed by atoms with E-state index in [9.17, 15) is 4.79 Å². The molecule has 0 aromatic heterocycles. The maximum Gasteiger partial charge on any atom is 0.251 e. The van der Waals surface area contributed by atoms with E-state index in [1.54, 1.807) is 0 Å². The van der Waals surface area contributed by atoms with E-state index in [0.717, 1.165) is 32.7 Å². The number of hydrogen-bond acceptors (Lipinski definition) is 3. The summed E-state index contributed by atoms with van der Waals surface area (Å²) in [4.78, 5) is 16.9. The molecule has 4 nitrogen and oxygen atoms in total. The van der Waals surface area contributed by atoms with Crippen LogP contribution in [-0.2, 0) is 9.53 Å². The van der Waals surface area contributed by atoms with Crippen LogP contribution in [0, 0.1) is 11.8 Å². The molecule has 0 bridgehead atoms. The largest absolute Gasteiger partial charge is 0.368 e. The van der Waals surface area contributed by atoms with Gasteiger partial charge in [0.15, 0.2) is 0 Å². The lowest BCUT2D eigenvalue weighted by atomic mass is 10.2. The number of hydrogen-bond donors (Lipinski definition) is 0. The third-order valence-electron chi connectivity index (χ3n) is 3.51. The van der Waals surface area contributed by atoms with Crippen LogP contribution in [0.2, 0.25) is 0 Å². The van der Waals surface area contributed by atoms with Crippen molar-refractivity contribution in [1.82, 2.24) is 9.80 Å². The highest BCUT2D eigenvalue weighted by atomic mass is 16.5. The Balaban J connectivity index is 4.53. The summed E-state index contributed by atoms with van der Waals surface area (Å²) in [5, 5.41) is 0. The predicted octanol–water partition coefficient (Wildman–Crippen LogP) is 2.87. The third-order valence-corrected chi connectivity index (χ3v) is 3.51. The predicted molar refractivity (Wildman–Crippen MR) is 89.5 cm³/mol. The van der Waals surface area contributed by atoms with E-state index >= 15 is 0 Å². The topological polar surface area (TPSA) is 32.8 Å². The molecule has 21 heavy (non-hydrogen) atoms. The Labute approximate surface area is 131 Å². The van der Waals surface area contributed by atoms with Crippen molar-refractivity contribution in [3.63, 3.8) is 0 Å². The van der Waals surface area contributed by atoms with Gasteiger partial charge in [-0.15, -0.1) is 0 Å². The summed E-state index contributed by atoms with van der Waals surface area (Å²) < 4.78 is 5.68. The van der Waals surface area contributed by atoms with Crippen LogP contribution in [0.1, 0.15) is 48.5 Å². The molecule has 0 N–H and O–H groups in total. The summed E-state index contributed by atoms with van der Waals surface area (Å²) in [5.41, 5.74) is 0. The number of likely N-dealkylation sites (N-methyl/N-ethyl adjacent to an activating group) is 1. The van der Waals surface area contributed by atoms with E-state index in [-0.39, 0.29) is 12.0 Å². The van der Waals surface area contributed by atoms with Crippen LogP contribution in [-0.4, -0.2) is 61.1 Å². The van der Waals surface area contributed by atoms with Crippen molar-refractivity contribution in [3.05, 3.63) is 0 Å². The van der Waals surface area contributed by atoms with Gasteiger partial charge in [-0.2, -0.15) is 0 Å². The van der Waals surface area contributed by atoms with E-state index < -0.39 is 0 Å². The summed E-state index contributed by atoms with van der Waals surface area (Å²) in [6.45, 7) is 19.9. The molecular weight excluding hydrogens is 264 g/mol.